The van der Waals surface area contributed by atoms with Crippen molar-refractivity contribution in [1.29, 1.82) is 0 Å². The summed E-state index contributed by atoms with van der Waals surface area (Å²) < 4.78 is 43.1. The number of sulfonamides is 1. The molecule has 1 aromatic carbocycles. The smallest absolute Gasteiger partial charge is 0.253 e. The Bertz CT molecular complexity index is 610. The molecule has 122 valence electrons. The van der Waals surface area contributed by atoms with Gasteiger partial charge in [0.1, 0.15) is 5.82 Å². The standard InChI is InChI=1S/C14H19FN2O4S/c1-21-10-11-22(19,20)17-8-6-16(7-9-17)14(18)12-2-4-13(15)5-3-12/h2-5H,6-11H2,1H3. The Balaban J connectivity index is 1.94. The minimum atomic E-state index is -3.34. The van der Waals surface area contributed by atoms with E-state index < -0.39 is 15.8 Å². The summed E-state index contributed by atoms with van der Waals surface area (Å²) in [7, 11) is -1.89. The van der Waals surface area contributed by atoms with Crippen molar-refractivity contribution in [2.75, 3.05) is 45.6 Å². The molecule has 1 saturated heterocycles. The Labute approximate surface area is 129 Å². The number of ether oxygens (including phenoxy) is 1. The molecule has 0 N–H and O–H groups in total. The van der Waals surface area contributed by atoms with Crippen LogP contribution in [0.2, 0.25) is 0 Å². The lowest BCUT2D eigenvalue weighted by molar-refractivity contribution is 0.0697. The second-order valence-electron chi connectivity index (χ2n) is 5.01. The van der Waals surface area contributed by atoms with E-state index in [-0.39, 0.29) is 31.4 Å². The van der Waals surface area contributed by atoms with Gasteiger partial charge in [-0.05, 0) is 24.3 Å². The molecular weight excluding hydrogens is 311 g/mol. The number of rotatable bonds is 5. The Morgan fingerprint density at radius 2 is 1.77 bits per heavy atom. The second-order valence-corrected chi connectivity index (χ2v) is 7.10. The summed E-state index contributed by atoms with van der Waals surface area (Å²) in [6.45, 7) is 1.32. The molecule has 8 heteroatoms. The molecule has 0 radical (unpaired) electrons. The summed E-state index contributed by atoms with van der Waals surface area (Å²) in [5.74, 6) is -0.672. The topological polar surface area (TPSA) is 66.9 Å². The highest BCUT2D eigenvalue weighted by Gasteiger charge is 2.28. The van der Waals surface area contributed by atoms with Crippen LogP contribution in [0, 0.1) is 5.82 Å². The van der Waals surface area contributed by atoms with Gasteiger partial charge in [0.2, 0.25) is 10.0 Å². The van der Waals surface area contributed by atoms with E-state index >= 15 is 0 Å². The van der Waals surface area contributed by atoms with Crippen molar-refractivity contribution in [2.45, 2.75) is 0 Å². The van der Waals surface area contributed by atoms with E-state index in [0.29, 0.717) is 18.7 Å². The van der Waals surface area contributed by atoms with E-state index in [0.717, 1.165) is 0 Å². The molecule has 0 aromatic heterocycles. The van der Waals surface area contributed by atoms with Crippen molar-refractivity contribution in [3.63, 3.8) is 0 Å². The van der Waals surface area contributed by atoms with E-state index in [1.165, 1.54) is 35.7 Å². The van der Waals surface area contributed by atoms with Gasteiger partial charge < -0.3 is 9.64 Å². The lowest BCUT2D eigenvalue weighted by atomic mass is 10.2. The van der Waals surface area contributed by atoms with Gasteiger partial charge >= 0.3 is 0 Å². The third kappa shape index (κ3) is 4.02. The molecule has 2 rings (SSSR count). The normalized spacial score (nSPS) is 16.7. The summed E-state index contributed by atoms with van der Waals surface area (Å²) in [6.07, 6.45) is 0. The number of hydrogen-bond acceptors (Lipinski definition) is 4. The van der Waals surface area contributed by atoms with Crippen LogP contribution >= 0.6 is 0 Å². The zero-order valence-corrected chi connectivity index (χ0v) is 13.2. The molecule has 1 aliphatic rings. The van der Waals surface area contributed by atoms with E-state index in [4.69, 9.17) is 4.74 Å². The Morgan fingerprint density at radius 3 is 2.32 bits per heavy atom. The molecule has 1 aromatic rings. The fraction of sp³-hybridized carbons (Fsp3) is 0.500. The number of piperazine rings is 1. The number of halogens is 1. The van der Waals surface area contributed by atoms with Crippen LogP contribution < -0.4 is 0 Å². The first-order valence-corrected chi connectivity index (χ1v) is 8.56. The van der Waals surface area contributed by atoms with Crippen molar-refractivity contribution < 1.29 is 22.3 Å². The van der Waals surface area contributed by atoms with Crippen LogP contribution in [0.1, 0.15) is 10.4 Å². The van der Waals surface area contributed by atoms with E-state index in [9.17, 15) is 17.6 Å². The van der Waals surface area contributed by atoms with Gasteiger partial charge in [0.05, 0.1) is 12.4 Å². The third-order valence-corrected chi connectivity index (χ3v) is 5.39. The predicted molar refractivity (Wildman–Crippen MR) is 79.5 cm³/mol. The fourth-order valence-corrected chi connectivity index (χ4v) is 3.62. The molecule has 0 bridgehead atoms. The number of carbonyl (C=O) groups excluding carboxylic acids is 1. The SMILES string of the molecule is COCCS(=O)(=O)N1CCN(C(=O)c2ccc(F)cc2)CC1. The number of benzene rings is 1. The van der Waals surface area contributed by atoms with E-state index in [1.807, 2.05) is 0 Å². The molecule has 1 amide bonds. The molecule has 6 nitrogen and oxygen atoms in total. The highest BCUT2D eigenvalue weighted by molar-refractivity contribution is 7.89. The average Bonchev–Trinajstić information content (AvgIpc) is 2.53. The van der Waals surface area contributed by atoms with Crippen LogP contribution in [0.15, 0.2) is 24.3 Å². The summed E-state index contributed by atoms with van der Waals surface area (Å²) in [4.78, 5) is 13.8. The minimum absolute atomic E-state index is 0.0601. The van der Waals surface area contributed by atoms with E-state index in [1.54, 1.807) is 4.90 Å². The van der Waals surface area contributed by atoms with Crippen LogP contribution in [-0.4, -0.2) is 69.2 Å². The monoisotopic (exact) mass is 330 g/mol. The zero-order valence-electron chi connectivity index (χ0n) is 12.4. The first-order chi connectivity index (χ1) is 10.4. The van der Waals surface area contributed by atoms with Gasteiger partial charge in [-0.1, -0.05) is 0 Å². The summed E-state index contributed by atoms with van der Waals surface area (Å²) in [5.41, 5.74) is 0.400. The Morgan fingerprint density at radius 1 is 1.18 bits per heavy atom. The van der Waals surface area contributed by atoms with Crippen LogP contribution in [0.3, 0.4) is 0 Å². The van der Waals surface area contributed by atoms with Gasteiger partial charge in [0.25, 0.3) is 5.91 Å². The Kier molecular flexibility index (Phi) is 5.49. The molecule has 0 unspecified atom stereocenters. The average molecular weight is 330 g/mol. The van der Waals surface area contributed by atoms with Crippen LogP contribution in [0.4, 0.5) is 4.39 Å². The van der Waals surface area contributed by atoms with Gasteiger partial charge in [-0.15, -0.1) is 0 Å². The van der Waals surface area contributed by atoms with Crippen LogP contribution in [0.25, 0.3) is 0 Å². The number of nitrogens with zero attached hydrogens (tertiary/aromatic N) is 2. The predicted octanol–water partition coefficient (Wildman–Crippen LogP) is 0.560. The van der Waals surface area contributed by atoms with Gasteiger partial charge in [-0.2, -0.15) is 4.31 Å². The van der Waals surface area contributed by atoms with Crippen molar-refractivity contribution in [1.82, 2.24) is 9.21 Å². The molecule has 0 atom stereocenters. The summed E-state index contributed by atoms with van der Waals surface area (Å²) in [5, 5.41) is 0. The lowest BCUT2D eigenvalue weighted by Gasteiger charge is -2.34. The first kappa shape index (κ1) is 16.9. The molecule has 22 heavy (non-hydrogen) atoms. The van der Waals surface area contributed by atoms with E-state index in [2.05, 4.69) is 0 Å². The first-order valence-electron chi connectivity index (χ1n) is 6.95. The van der Waals surface area contributed by atoms with Crippen LogP contribution in [-0.2, 0) is 14.8 Å². The molecule has 0 aliphatic carbocycles. The van der Waals surface area contributed by atoms with Gasteiger partial charge in [0, 0.05) is 38.9 Å². The third-order valence-electron chi connectivity index (χ3n) is 3.56. The summed E-state index contributed by atoms with van der Waals surface area (Å²) >= 11 is 0. The molecule has 1 fully saturated rings. The number of amides is 1. The summed E-state index contributed by atoms with van der Waals surface area (Å²) in [6, 6.07) is 5.33. The lowest BCUT2D eigenvalue weighted by Crippen LogP contribution is -2.51. The molecular formula is C14H19FN2O4S. The fourth-order valence-electron chi connectivity index (χ4n) is 2.26. The number of hydrogen-bond donors (Lipinski definition) is 0. The molecule has 0 saturated carbocycles. The van der Waals surface area contributed by atoms with Gasteiger partial charge in [-0.3, -0.25) is 4.79 Å². The minimum Gasteiger partial charge on any atom is -0.384 e. The van der Waals surface area contributed by atoms with Gasteiger partial charge in [-0.25, -0.2) is 12.8 Å². The largest absolute Gasteiger partial charge is 0.384 e. The molecule has 0 spiro atoms. The van der Waals surface area contributed by atoms with Crippen molar-refractivity contribution in [3.8, 4) is 0 Å². The highest BCUT2D eigenvalue weighted by Crippen LogP contribution is 2.12. The maximum absolute atomic E-state index is 12.9. The molecule has 1 heterocycles. The maximum atomic E-state index is 12.9. The quantitative estimate of drug-likeness (QED) is 0.791. The number of methoxy groups -OCH3 is 1. The van der Waals surface area contributed by atoms with Crippen molar-refractivity contribution in [2.24, 2.45) is 0 Å². The molecule has 1 aliphatic heterocycles. The second kappa shape index (κ2) is 7.17. The van der Waals surface area contributed by atoms with Crippen molar-refractivity contribution >= 4 is 15.9 Å². The number of carbonyl (C=O) groups is 1. The van der Waals surface area contributed by atoms with Crippen molar-refractivity contribution in [3.05, 3.63) is 35.6 Å². The maximum Gasteiger partial charge on any atom is 0.253 e. The Hall–Kier alpha value is -1.51. The van der Waals surface area contributed by atoms with Crippen LogP contribution in [0.5, 0.6) is 0 Å². The zero-order chi connectivity index (χ0) is 16.2. The highest BCUT2D eigenvalue weighted by atomic mass is 32.2. The van der Waals surface area contributed by atoms with Gasteiger partial charge in [0.15, 0.2) is 0 Å².